The molecule has 24 heavy (non-hydrogen) atoms. The van der Waals surface area contributed by atoms with Crippen molar-refractivity contribution in [1.82, 2.24) is 9.97 Å². The van der Waals surface area contributed by atoms with Crippen molar-refractivity contribution in [3.05, 3.63) is 42.4 Å². The highest BCUT2D eigenvalue weighted by atomic mass is 16.7. The molecular weight excluding hydrogens is 299 g/mol. The van der Waals surface area contributed by atoms with Gasteiger partial charge < -0.3 is 9.31 Å². The molecule has 2 heterocycles. The first-order chi connectivity index (χ1) is 11.4. The molecule has 0 radical (unpaired) electrons. The summed E-state index contributed by atoms with van der Waals surface area (Å²) in [5.41, 5.74) is 3.72. The van der Waals surface area contributed by atoms with Crippen LogP contribution in [0.2, 0.25) is 0 Å². The fourth-order valence-electron chi connectivity index (χ4n) is 3.04. The highest BCUT2D eigenvalue weighted by Gasteiger charge is 2.51. The van der Waals surface area contributed by atoms with Crippen molar-refractivity contribution in [2.45, 2.75) is 57.7 Å². The first-order valence-corrected chi connectivity index (χ1v) is 8.63. The number of hydrogen-bond acceptors (Lipinski definition) is 4. The average Bonchev–Trinajstić information content (AvgIpc) is 3.36. The Balaban J connectivity index is 1.75. The van der Waals surface area contributed by atoms with Gasteiger partial charge in [0.1, 0.15) is 0 Å². The summed E-state index contributed by atoms with van der Waals surface area (Å²) in [6.07, 6.45) is 7.75. The largest absolute Gasteiger partial charge is 0.494 e. The molecule has 4 rings (SSSR count). The van der Waals surface area contributed by atoms with Crippen LogP contribution in [0.1, 0.15) is 52.0 Å². The standard InChI is InChI=1S/C19H23BN2O2/c1-18(2)19(3,4)24-20(23-18)16-10-14(13-5-6-13)9-15(11-16)17-12-21-7-8-22-17/h7-13H,5-6H2,1-4H3. The van der Waals surface area contributed by atoms with Gasteiger partial charge in [0, 0.05) is 18.0 Å². The van der Waals surface area contributed by atoms with Crippen LogP contribution in [0, 0.1) is 0 Å². The number of aromatic nitrogens is 2. The van der Waals surface area contributed by atoms with E-state index in [-0.39, 0.29) is 18.3 Å². The lowest BCUT2D eigenvalue weighted by Crippen LogP contribution is -2.41. The van der Waals surface area contributed by atoms with Crippen molar-refractivity contribution in [1.29, 1.82) is 0 Å². The highest BCUT2D eigenvalue weighted by molar-refractivity contribution is 6.62. The molecular formula is C19H23BN2O2. The maximum absolute atomic E-state index is 6.24. The summed E-state index contributed by atoms with van der Waals surface area (Å²) in [5, 5.41) is 0. The molecule has 2 aromatic rings. The highest BCUT2D eigenvalue weighted by Crippen LogP contribution is 2.41. The molecule has 1 aromatic heterocycles. The summed E-state index contributed by atoms with van der Waals surface area (Å²) in [6, 6.07) is 6.59. The maximum atomic E-state index is 6.24. The molecule has 0 spiro atoms. The molecule has 124 valence electrons. The van der Waals surface area contributed by atoms with Crippen molar-refractivity contribution >= 4 is 12.6 Å². The van der Waals surface area contributed by atoms with Crippen molar-refractivity contribution in [2.75, 3.05) is 0 Å². The Hall–Kier alpha value is -1.72. The molecule has 4 nitrogen and oxygen atoms in total. The Morgan fingerprint density at radius 2 is 1.71 bits per heavy atom. The SMILES string of the molecule is CC1(C)OB(c2cc(-c3cnccn3)cc(C3CC3)c2)OC1(C)C. The molecule has 1 aliphatic carbocycles. The van der Waals surface area contributed by atoms with Crippen LogP contribution >= 0.6 is 0 Å². The molecule has 5 heteroatoms. The molecule has 0 amide bonds. The van der Waals surface area contributed by atoms with Crippen LogP contribution in [0.25, 0.3) is 11.3 Å². The monoisotopic (exact) mass is 322 g/mol. The van der Waals surface area contributed by atoms with Gasteiger partial charge in [-0.3, -0.25) is 9.97 Å². The second-order valence-electron chi connectivity index (χ2n) is 7.84. The van der Waals surface area contributed by atoms with Gasteiger partial charge in [-0.15, -0.1) is 0 Å². The molecule has 1 aliphatic heterocycles. The third-order valence-corrected chi connectivity index (χ3v) is 5.41. The Labute approximate surface area is 143 Å². The van der Waals surface area contributed by atoms with Gasteiger partial charge >= 0.3 is 7.12 Å². The van der Waals surface area contributed by atoms with Crippen molar-refractivity contribution < 1.29 is 9.31 Å². The van der Waals surface area contributed by atoms with E-state index >= 15 is 0 Å². The third-order valence-electron chi connectivity index (χ3n) is 5.41. The van der Waals surface area contributed by atoms with Crippen LogP contribution in [-0.2, 0) is 9.31 Å². The van der Waals surface area contributed by atoms with Crippen molar-refractivity contribution in [2.24, 2.45) is 0 Å². The normalized spacial score (nSPS) is 21.9. The number of rotatable bonds is 3. The number of hydrogen-bond donors (Lipinski definition) is 0. The van der Waals surface area contributed by atoms with Gasteiger partial charge in [-0.2, -0.15) is 0 Å². The average molecular weight is 322 g/mol. The molecule has 1 saturated carbocycles. The Morgan fingerprint density at radius 1 is 1.00 bits per heavy atom. The lowest BCUT2D eigenvalue weighted by Gasteiger charge is -2.32. The summed E-state index contributed by atoms with van der Waals surface area (Å²) in [7, 11) is -0.343. The van der Waals surface area contributed by atoms with E-state index < -0.39 is 0 Å². The predicted molar refractivity (Wildman–Crippen MR) is 95.2 cm³/mol. The van der Waals surface area contributed by atoms with Crippen LogP contribution < -0.4 is 5.46 Å². The van der Waals surface area contributed by atoms with Gasteiger partial charge in [0.2, 0.25) is 0 Å². The smallest absolute Gasteiger partial charge is 0.399 e. The quantitative estimate of drug-likeness (QED) is 0.813. The minimum Gasteiger partial charge on any atom is -0.399 e. The Bertz CT molecular complexity index is 741. The fraction of sp³-hybridized carbons (Fsp3) is 0.474. The van der Waals surface area contributed by atoms with Crippen LogP contribution in [0.15, 0.2) is 36.8 Å². The first-order valence-electron chi connectivity index (χ1n) is 8.63. The zero-order chi connectivity index (χ0) is 16.9. The molecule has 0 unspecified atom stereocenters. The molecule has 2 fully saturated rings. The lowest BCUT2D eigenvalue weighted by molar-refractivity contribution is 0.00578. The van der Waals surface area contributed by atoms with E-state index in [0.29, 0.717) is 5.92 Å². The van der Waals surface area contributed by atoms with Gasteiger partial charge in [-0.1, -0.05) is 12.1 Å². The van der Waals surface area contributed by atoms with Crippen LogP contribution in [0.4, 0.5) is 0 Å². The second-order valence-corrected chi connectivity index (χ2v) is 7.84. The summed E-state index contributed by atoms with van der Waals surface area (Å²) in [5.74, 6) is 0.655. The minimum atomic E-state index is -0.343. The van der Waals surface area contributed by atoms with E-state index in [1.165, 1.54) is 18.4 Å². The first kappa shape index (κ1) is 15.8. The zero-order valence-electron chi connectivity index (χ0n) is 14.7. The van der Waals surface area contributed by atoms with E-state index in [1.807, 2.05) is 0 Å². The molecule has 2 aliphatic rings. The maximum Gasteiger partial charge on any atom is 0.494 e. The summed E-state index contributed by atoms with van der Waals surface area (Å²) in [4.78, 5) is 8.65. The number of nitrogens with zero attached hydrogens (tertiary/aromatic N) is 2. The molecule has 0 N–H and O–H groups in total. The van der Waals surface area contributed by atoms with Gasteiger partial charge in [0.25, 0.3) is 0 Å². The summed E-state index contributed by atoms with van der Waals surface area (Å²) in [6.45, 7) is 8.34. The fourth-order valence-corrected chi connectivity index (χ4v) is 3.04. The van der Waals surface area contributed by atoms with Crippen LogP contribution in [0.5, 0.6) is 0 Å². The van der Waals surface area contributed by atoms with Gasteiger partial charge in [-0.25, -0.2) is 0 Å². The molecule has 1 saturated heterocycles. The van der Waals surface area contributed by atoms with Crippen LogP contribution in [0.3, 0.4) is 0 Å². The number of benzene rings is 1. The Morgan fingerprint density at radius 3 is 2.29 bits per heavy atom. The second kappa shape index (κ2) is 5.40. The topological polar surface area (TPSA) is 44.2 Å². The summed E-state index contributed by atoms with van der Waals surface area (Å²) >= 11 is 0. The van der Waals surface area contributed by atoms with E-state index in [4.69, 9.17) is 9.31 Å². The molecule has 1 aromatic carbocycles. The minimum absolute atomic E-state index is 0.333. The predicted octanol–water partition coefficient (Wildman–Crippen LogP) is 3.32. The van der Waals surface area contributed by atoms with Crippen molar-refractivity contribution in [3.63, 3.8) is 0 Å². The summed E-state index contributed by atoms with van der Waals surface area (Å²) < 4.78 is 12.5. The van der Waals surface area contributed by atoms with Gasteiger partial charge in [-0.05, 0) is 63.5 Å². The van der Waals surface area contributed by atoms with Gasteiger partial charge in [0.05, 0.1) is 23.1 Å². The van der Waals surface area contributed by atoms with Crippen LogP contribution in [-0.4, -0.2) is 28.3 Å². The van der Waals surface area contributed by atoms with Crippen molar-refractivity contribution in [3.8, 4) is 11.3 Å². The van der Waals surface area contributed by atoms with Gasteiger partial charge in [0.15, 0.2) is 0 Å². The zero-order valence-corrected chi connectivity index (χ0v) is 14.7. The van der Waals surface area contributed by atoms with E-state index in [1.54, 1.807) is 18.6 Å². The molecule has 0 bridgehead atoms. The Kier molecular flexibility index (Phi) is 3.55. The lowest BCUT2D eigenvalue weighted by atomic mass is 9.77. The molecule has 0 atom stereocenters. The van der Waals surface area contributed by atoms with E-state index in [9.17, 15) is 0 Å². The van der Waals surface area contributed by atoms with E-state index in [0.717, 1.165) is 16.7 Å². The van der Waals surface area contributed by atoms with E-state index in [2.05, 4.69) is 55.9 Å². The third kappa shape index (κ3) is 2.76.